The molecule has 6 heteroatoms. The first kappa shape index (κ1) is 21.6. The molecule has 0 saturated carbocycles. The molecule has 154 valence electrons. The Hall–Kier alpha value is -3.10. The number of benzene rings is 2. The van der Waals surface area contributed by atoms with Gasteiger partial charge in [0.1, 0.15) is 0 Å². The fraction of sp³-hybridized carbons (Fsp3) is 0.292. The first-order chi connectivity index (χ1) is 14.3. The van der Waals surface area contributed by atoms with Crippen LogP contribution in [0.1, 0.15) is 49.8 Å². The summed E-state index contributed by atoms with van der Waals surface area (Å²) < 4.78 is 5.50. The largest absolute Gasteiger partial charge is 0.460 e. The number of rotatable bonds is 5. The monoisotopic (exact) mass is 422 g/mol. The van der Waals surface area contributed by atoms with E-state index in [0.717, 1.165) is 11.1 Å². The molecule has 0 fully saturated rings. The number of hydrogen-bond donors (Lipinski definition) is 0. The van der Waals surface area contributed by atoms with Crippen LogP contribution in [-0.4, -0.2) is 22.9 Å². The number of carbonyl (C=O) groups excluding carboxylic acids is 2. The van der Waals surface area contributed by atoms with Crippen molar-refractivity contribution in [3.63, 3.8) is 0 Å². The van der Waals surface area contributed by atoms with Gasteiger partial charge >= 0.3 is 5.97 Å². The summed E-state index contributed by atoms with van der Waals surface area (Å²) in [5.41, 5.74) is 2.89. The molecule has 0 unspecified atom stereocenters. The molecule has 0 spiro atoms. The van der Waals surface area contributed by atoms with Gasteiger partial charge in [-0.25, -0.2) is 4.79 Å². The van der Waals surface area contributed by atoms with E-state index in [4.69, 9.17) is 16.3 Å². The molecule has 0 aliphatic carbocycles. The number of nitrogens with zero attached hydrogens (tertiary/aromatic N) is 2. The second kappa shape index (κ2) is 9.15. The molecule has 1 atom stereocenters. The van der Waals surface area contributed by atoms with Crippen molar-refractivity contribution in [3.05, 3.63) is 81.5 Å². The molecule has 1 heterocycles. The molecule has 0 N–H and O–H groups in total. The maximum absolute atomic E-state index is 13.1. The Bertz CT molecular complexity index is 1050. The Morgan fingerprint density at radius 1 is 1.23 bits per heavy atom. The molecule has 2 aromatic carbocycles. The fourth-order valence-corrected chi connectivity index (χ4v) is 3.97. The van der Waals surface area contributed by atoms with E-state index in [1.807, 2.05) is 30.3 Å². The number of ether oxygens (including phenoxy) is 1. The molecule has 3 rings (SSSR count). The zero-order valence-electron chi connectivity index (χ0n) is 17.2. The summed E-state index contributed by atoms with van der Waals surface area (Å²) in [4.78, 5) is 27.7. The number of carbonyl (C=O) groups is 2. The highest BCUT2D eigenvalue weighted by molar-refractivity contribution is 6.31. The van der Waals surface area contributed by atoms with E-state index in [1.165, 1.54) is 0 Å². The summed E-state index contributed by atoms with van der Waals surface area (Å²) >= 11 is 6.40. The summed E-state index contributed by atoms with van der Waals surface area (Å²) in [6, 6.07) is 16.5. The normalized spacial score (nSPS) is 16.6. The van der Waals surface area contributed by atoms with Gasteiger partial charge in [-0.3, -0.25) is 4.79 Å². The van der Waals surface area contributed by atoms with Gasteiger partial charge in [0, 0.05) is 23.1 Å². The zero-order valence-corrected chi connectivity index (χ0v) is 17.9. The van der Waals surface area contributed by atoms with E-state index >= 15 is 0 Å². The van der Waals surface area contributed by atoms with Crippen molar-refractivity contribution in [2.45, 2.75) is 45.8 Å². The van der Waals surface area contributed by atoms with Crippen molar-refractivity contribution < 1.29 is 14.3 Å². The molecule has 0 bridgehead atoms. The molecule has 1 aliphatic rings. The van der Waals surface area contributed by atoms with E-state index in [1.54, 1.807) is 43.9 Å². The standard InChI is InChI=1S/C24H23ClN2O3/c1-15(2)30-24(29)23-16(3)27(14-18-9-5-4-8-17(18)13-26)22(28)12-20(23)19-10-6-7-11-21(19)25/h4-11,15,20H,12,14H2,1-3H3/t20-/m0/s1. The summed E-state index contributed by atoms with van der Waals surface area (Å²) in [7, 11) is 0. The molecule has 1 amide bonds. The molecule has 0 aromatic heterocycles. The lowest BCUT2D eigenvalue weighted by atomic mass is 9.83. The molecular weight excluding hydrogens is 400 g/mol. The fourth-order valence-electron chi connectivity index (χ4n) is 3.71. The van der Waals surface area contributed by atoms with Gasteiger partial charge in [0.25, 0.3) is 0 Å². The number of amides is 1. The lowest BCUT2D eigenvalue weighted by Crippen LogP contribution is -2.38. The van der Waals surface area contributed by atoms with Crippen molar-refractivity contribution in [3.8, 4) is 6.07 Å². The summed E-state index contributed by atoms with van der Waals surface area (Å²) in [6.45, 7) is 5.52. The summed E-state index contributed by atoms with van der Waals surface area (Å²) in [5.74, 6) is -1.08. The van der Waals surface area contributed by atoms with Crippen LogP contribution in [0.3, 0.4) is 0 Å². The van der Waals surface area contributed by atoms with Crippen LogP contribution in [0.25, 0.3) is 0 Å². The van der Waals surface area contributed by atoms with Crippen LogP contribution in [0, 0.1) is 11.3 Å². The smallest absolute Gasteiger partial charge is 0.336 e. The minimum Gasteiger partial charge on any atom is -0.460 e. The van der Waals surface area contributed by atoms with Gasteiger partial charge in [0.2, 0.25) is 5.91 Å². The van der Waals surface area contributed by atoms with E-state index in [0.29, 0.717) is 21.9 Å². The van der Waals surface area contributed by atoms with Crippen molar-refractivity contribution in [2.75, 3.05) is 0 Å². The van der Waals surface area contributed by atoms with E-state index in [9.17, 15) is 14.9 Å². The molecule has 5 nitrogen and oxygen atoms in total. The number of esters is 1. The van der Waals surface area contributed by atoms with Crippen molar-refractivity contribution in [1.29, 1.82) is 5.26 Å². The Balaban J connectivity index is 2.09. The molecule has 0 radical (unpaired) electrons. The second-order valence-corrected chi connectivity index (χ2v) is 7.89. The van der Waals surface area contributed by atoms with Gasteiger partial charge < -0.3 is 9.64 Å². The van der Waals surface area contributed by atoms with Crippen molar-refractivity contribution in [1.82, 2.24) is 4.90 Å². The van der Waals surface area contributed by atoms with Crippen LogP contribution in [0.15, 0.2) is 59.8 Å². The Morgan fingerprint density at radius 3 is 2.57 bits per heavy atom. The lowest BCUT2D eigenvalue weighted by molar-refractivity contribution is -0.143. The van der Waals surface area contributed by atoms with Gasteiger partial charge in [-0.2, -0.15) is 5.26 Å². The van der Waals surface area contributed by atoms with E-state index < -0.39 is 11.9 Å². The molecular formula is C24H23ClN2O3. The summed E-state index contributed by atoms with van der Waals surface area (Å²) in [5, 5.41) is 9.89. The zero-order chi connectivity index (χ0) is 21.8. The Kier molecular flexibility index (Phi) is 6.59. The third-order valence-corrected chi connectivity index (χ3v) is 5.48. The van der Waals surface area contributed by atoms with Crippen LogP contribution < -0.4 is 0 Å². The third-order valence-electron chi connectivity index (χ3n) is 5.13. The third kappa shape index (κ3) is 4.39. The predicted octanol–water partition coefficient (Wildman–Crippen LogP) is 4.95. The highest BCUT2D eigenvalue weighted by Gasteiger charge is 2.38. The van der Waals surface area contributed by atoms with Gasteiger partial charge in [0.15, 0.2) is 0 Å². The first-order valence-corrected chi connectivity index (χ1v) is 10.2. The molecule has 30 heavy (non-hydrogen) atoms. The van der Waals surface area contributed by atoms with E-state index in [2.05, 4.69) is 6.07 Å². The van der Waals surface area contributed by atoms with Gasteiger partial charge in [-0.15, -0.1) is 0 Å². The van der Waals surface area contributed by atoms with Crippen molar-refractivity contribution >= 4 is 23.5 Å². The average molecular weight is 423 g/mol. The molecule has 2 aromatic rings. The minimum absolute atomic E-state index is 0.0956. The van der Waals surface area contributed by atoms with Crippen molar-refractivity contribution in [2.24, 2.45) is 0 Å². The van der Waals surface area contributed by atoms with Gasteiger partial charge in [-0.05, 0) is 44.0 Å². The van der Waals surface area contributed by atoms with Gasteiger partial charge in [-0.1, -0.05) is 48.0 Å². The Labute approximate surface area is 181 Å². The first-order valence-electron chi connectivity index (χ1n) is 9.78. The van der Waals surface area contributed by atoms with Crippen LogP contribution in [-0.2, 0) is 20.9 Å². The number of halogens is 1. The maximum atomic E-state index is 13.1. The van der Waals surface area contributed by atoms with Crippen LogP contribution in [0.5, 0.6) is 0 Å². The number of hydrogen-bond acceptors (Lipinski definition) is 4. The topological polar surface area (TPSA) is 70.4 Å². The van der Waals surface area contributed by atoms with Gasteiger partial charge in [0.05, 0.1) is 29.9 Å². The minimum atomic E-state index is -0.486. The second-order valence-electron chi connectivity index (χ2n) is 7.48. The SMILES string of the molecule is CC1=C(C(=O)OC(C)C)[C@H](c2ccccc2Cl)CC(=O)N1Cc1ccccc1C#N. The molecule has 0 saturated heterocycles. The van der Waals surface area contributed by atoms with Crippen LogP contribution in [0.4, 0.5) is 0 Å². The highest BCUT2D eigenvalue weighted by atomic mass is 35.5. The average Bonchev–Trinajstić information content (AvgIpc) is 2.70. The highest BCUT2D eigenvalue weighted by Crippen LogP contribution is 2.40. The number of allylic oxidation sites excluding steroid dienone is 1. The quantitative estimate of drug-likeness (QED) is 0.639. The van der Waals surface area contributed by atoms with Crippen LogP contribution >= 0.6 is 11.6 Å². The lowest BCUT2D eigenvalue weighted by Gasteiger charge is -2.35. The van der Waals surface area contributed by atoms with E-state index in [-0.39, 0.29) is 25.0 Å². The Morgan fingerprint density at radius 2 is 1.90 bits per heavy atom. The summed E-state index contributed by atoms with van der Waals surface area (Å²) in [6.07, 6.45) is -0.201. The number of nitriles is 1. The molecule has 1 aliphatic heterocycles. The van der Waals surface area contributed by atoms with Crippen LogP contribution in [0.2, 0.25) is 5.02 Å². The maximum Gasteiger partial charge on any atom is 0.336 e. The predicted molar refractivity (Wildman–Crippen MR) is 114 cm³/mol.